The maximum atomic E-state index is 12.4. The van der Waals surface area contributed by atoms with Gasteiger partial charge in [0, 0.05) is 29.8 Å². The highest BCUT2D eigenvalue weighted by Gasteiger charge is 2.23. The van der Waals surface area contributed by atoms with Crippen LogP contribution in [0.15, 0.2) is 17.0 Å². The molecule has 0 N–H and O–H groups in total. The van der Waals surface area contributed by atoms with Crippen molar-refractivity contribution < 1.29 is 13.2 Å². The predicted octanol–water partition coefficient (Wildman–Crippen LogP) is 3.69. The first kappa shape index (κ1) is 18.3. The number of amides is 1. The fourth-order valence-electron chi connectivity index (χ4n) is 2.04. The van der Waals surface area contributed by atoms with Gasteiger partial charge < -0.3 is 4.90 Å². The number of hydrogen-bond acceptors (Lipinski definition) is 3. The quantitative estimate of drug-likeness (QED) is 0.780. The topological polar surface area (TPSA) is 54.5 Å². The third-order valence-corrected chi connectivity index (χ3v) is 4.75. The molecule has 0 spiro atoms. The number of benzene rings is 1. The Hall–Kier alpha value is -0.780. The zero-order valence-electron chi connectivity index (χ0n) is 12.7. The van der Waals surface area contributed by atoms with Crippen LogP contribution in [0.2, 0.25) is 5.02 Å². The molecule has 0 aliphatic heterocycles. The van der Waals surface area contributed by atoms with Crippen molar-refractivity contribution in [3.05, 3.63) is 28.3 Å². The van der Waals surface area contributed by atoms with Gasteiger partial charge in [-0.3, -0.25) is 4.79 Å². The molecule has 4 nitrogen and oxygen atoms in total. The second-order valence-electron chi connectivity index (χ2n) is 6.26. The summed E-state index contributed by atoms with van der Waals surface area (Å²) >= 11 is 5.95. The largest absolute Gasteiger partial charge is 0.341 e. The number of carbonyl (C=O) groups excluding carboxylic acids is 1. The van der Waals surface area contributed by atoms with Gasteiger partial charge in [-0.15, -0.1) is 0 Å². The van der Waals surface area contributed by atoms with Crippen molar-refractivity contribution in [3.63, 3.8) is 0 Å². The summed E-state index contributed by atoms with van der Waals surface area (Å²) in [5.41, 5.74) is 0.682. The van der Waals surface area contributed by atoms with Gasteiger partial charge in [-0.2, -0.15) is 0 Å². The minimum atomic E-state index is -4.00. The highest BCUT2D eigenvalue weighted by molar-refractivity contribution is 8.13. The molecule has 1 rings (SSSR count). The Labute approximate surface area is 135 Å². The van der Waals surface area contributed by atoms with Gasteiger partial charge >= 0.3 is 0 Å². The summed E-state index contributed by atoms with van der Waals surface area (Å²) in [4.78, 5) is 13.7. The standard InChI is InChI=1S/C14H19Cl2NO3S/c1-9-6-10(7-11(12(9)15)21(16,19)20)13(18)17(5)8-14(2,3)4/h6-7H,8H2,1-5H3. The van der Waals surface area contributed by atoms with Gasteiger partial charge in [0.15, 0.2) is 0 Å². The average molecular weight is 352 g/mol. The van der Waals surface area contributed by atoms with Crippen LogP contribution in [0.5, 0.6) is 0 Å². The van der Waals surface area contributed by atoms with Crippen LogP contribution < -0.4 is 0 Å². The lowest BCUT2D eigenvalue weighted by atomic mass is 9.96. The van der Waals surface area contributed by atoms with E-state index < -0.39 is 9.05 Å². The van der Waals surface area contributed by atoms with Crippen LogP contribution >= 0.6 is 22.3 Å². The maximum absolute atomic E-state index is 12.4. The maximum Gasteiger partial charge on any atom is 0.262 e. The van der Waals surface area contributed by atoms with Crippen LogP contribution in [-0.4, -0.2) is 32.8 Å². The molecule has 1 amide bonds. The van der Waals surface area contributed by atoms with Gasteiger partial charge in [-0.1, -0.05) is 32.4 Å². The van der Waals surface area contributed by atoms with E-state index in [0.717, 1.165) is 0 Å². The summed E-state index contributed by atoms with van der Waals surface area (Å²) in [7, 11) is 3.03. The molecule has 0 radical (unpaired) electrons. The molecule has 0 aliphatic carbocycles. The van der Waals surface area contributed by atoms with Crippen LogP contribution in [0.25, 0.3) is 0 Å². The van der Waals surface area contributed by atoms with Gasteiger partial charge in [-0.05, 0) is 30.0 Å². The molecular formula is C14H19Cl2NO3S. The van der Waals surface area contributed by atoms with E-state index in [4.69, 9.17) is 22.3 Å². The summed E-state index contributed by atoms with van der Waals surface area (Å²) in [5, 5.41) is 0.0417. The summed E-state index contributed by atoms with van der Waals surface area (Å²) in [6.45, 7) is 8.21. The van der Waals surface area contributed by atoms with Gasteiger partial charge in [0.25, 0.3) is 15.0 Å². The molecule has 7 heteroatoms. The Morgan fingerprint density at radius 3 is 2.24 bits per heavy atom. The molecule has 0 unspecified atom stereocenters. The molecule has 0 heterocycles. The summed E-state index contributed by atoms with van der Waals surface area (Å²) < 4.78 is 23.1. The van der Waals surface area contributed by atoms with E-state index in [1.54, 1.807) is 24.9 Å². The Kier molecular flexibility index (Phi) is 5.35. The first-order chi connectivity index (χ1) is 9.33. The first-order valence-corrected chi connectivity index (χ1v) is 9.02. The smallest absolute Gasteiger partial charge is 0.262 e. The summed E-state index contributed by atoms with van der Waals surface area (Å²) in [6, 6.07) is 2.79. The van der Waals surface area contributed by atoms with Crippen LogP contribution in [0.4, 0.5) is 0 Å². The molecule has 21 heavy (non-hydrogen) atoms. The second-order valence-corrected chi connectivity index (χ2v) is 9.18. The van der Waals surface area contributed by atoms with Crippen LogP contribution in [0.3, 0.4) is 0 Å². The Morgan fingerprint density at radius 1 is 1.29 bits per heavy atom. The molecule has 1 aromatic rings. The van der Waals surface area contributed by atoms with E-state index >= 15 is 0 Å². The lowest BCUT2D eigenvalue weighted by molar-refractivity contribution is 0.0745. The molecule has 0 saturated carbocycles. The zero-order valence-corrected chi connectivity index (χ0v) is 15.0. The lowest BCUT2D eigenvalue weighted by Gasteiger charge is -2.27. The van der Waals surface area contributed by atoms with Crippen molar-refractivity contribution in [3.8, 4) is 0 Å². The zero-order chi connectivity index (χ0) is 16.6. The van der Waals surface area contributed by atoms with Crippen LogP contribution in [0, 0.1) is 12.3 Å². The number of rotatable bonds is 3. The van der Waals surface area contributed by atoms with Gasteiger partial charge in [0.2, 0.25) is 0 Å². The van der Waals surface area contributed by atoms with Crippen molar-refractivity contribution in [1.82, 2.24) is 4.90 Å². The molecule has 0 aromatic heterocycles. The van der Waals surface area contributed by atoms with E-state index in [9.17, 15) is 13.2 Å². The number of hydrogen-bond donors (Lipinski definition) is 0. The predicted molar refractivity (Wildman–Crippen MR) is 85.6 cm³/mol. The highest BCUT2D eigenvalue weighted by atomic mass is 35.7. The molecule has 1 aromatic carbocycles. The number of aryl methyl sites for hydroxylation is 1. The molecule has 0 atom stereocenters. The highest BCUT2D eigenvalue weighted by Crippen LogP contribution is 2.30. The molecule has 118 valence electrons. The van der Waals surface area contributed by atoms with E-state index in [2.05, 4.69) is 0 Å². The van der Waals surface area contributed by atoms with Crippen molar-refractivity contribution in [2.75, 3.05) is 13.6 Å². The number of halogens is 2. The van der Waals surface area contributed by atoms with Gasteiger partial charge in [-0.25, -0.2) is 8.42 Å². The number of carbonyl (C=O) groups is 1. The molecule has 0 fully saturated rings. The van der Waals surface area contributed by atoms with Gasteiger partial charge in [0.05, 0.1) is 5.02 Å². The third-order valence-electron chi connectivity index (χ3n) is 2.79. The Balaban J connectivity index is 3.27. The Morgan fingerprint density at radius 2 is 1.81 bits per heavy atom. The van der Waals surface area contributed by atoms with E-state index in [1.165, 1.54) is 6.07 Å². The fourth-order valence-corrected chi connectivity index (χ4v) is 3.58. The fraction of sp³-hybridized carbons (Fsp3) is 0.500. The number of nitrogens with zero attached hydrogens (tertiary/aromatic N) is 1. The van der Waals surface area contributed by atoms with Crippen molar-refractivity contribution >= 4 is 37.2 Å². The van der Waals surface area contributed by atoms with Crippen LogP contribution in [0.1, 0.15) is 36.7 Å². The summed E-state index contributed by atoms with van der Waals surface area (Å²) in [6.07, 6.45) is 0. The van der Waals surface area contributed by atoms with Crippen molar-refractivity contribution in [1.29, 1.82) is 0 Å². The second kappa shape index (κ2) is 6.15. The molecule has 0 aliphatic rings. The normalized spacial score (nSPS) is 12.3. The monoisotopic (exact) mass is 351 g/mol. The first-order valence-electron chi connectivity index (χ1n) is 6.33. The molecule has 0 bridgehead atoms. The van der Waals surface area contributed by atoms with Crippen molar-refractivity contribution in [2.45, 2.75) is 32.6 Å². The lowest BCUT2D eigenvalue weighted by Crippen LogP contribution is -2.34. The minimum absolute atomic E-state index is 0.0417. The summed E-state index contributed by atoms with van der Waals surface area (Å²) in [5.74, 6) is -0.272. The average Bonchev–Trinajstić information content (AvgIpc) is 2.27. The van der Waals surface area contributed by atoms with Gasteiger partial charge in [0.1, 0.15) is 4.90 Å². The SMILES string of the molecule is Cc1cc(C(=O)N(C)CC(C)(C)C)cc(S(=O)(=O)Cl)c1Cl. The third kappa shape index (κ3) is 4.87. The van der Waals surface area contributed by atoms with Crippen molar-refractivity contribution in [2.24, 2.45) is 5.41 Å². The van der Waals surface area contributed by atoms with E-state index in [0.29, 0.717) is 12.1 Å². The van der Waals surface area contributed by atoms with Crippen LogP contribution in [-0.2, 0) is 9.05 Å². The Bertz CT molecular complexity index is 664. The minimum Gasteiger partial charge on any atom is -0.341 e. The van der Waals surface area contributed by atoms with E-state index in [1.807, 2.05) is 20.8 Å². The molecule has 0 saturated heterocycles. The van der Waals surface area contributed by atoms with E-state index in [-0.39, 0.29) is 26.8 Å². The molecular weight excluding hydrogens is 333 g/mol.